The van der Waals surface area contributed by atoms with Gasteiger partial charge < -0.3 is 20.1 Å². The highest BCUT2D eigenvalue weighted by Gasteiger charge is 2.30. The van der Waals surface area contributed by atoms with Gasteiger partial charge >= 0.3 is 0 Å². The SMILES string of the molecule is COc1ccc(C(C)=NN=C2NC(=O)CC(C(=O)Nc3ccccc3OC)S2)cc1F. The maximum Gasteiger partial charge on any atom is 0.238 e. The number of para-hydroxylation sites is 2. The second-order valence-corrected chi connectivity index (χ2v) is 7.68. The van der Waals surface area contributed by atoms with Crippen LogP contribution < -0.4 is 20.1 Å². The van der Waals surface area contributed by atoms with Crippen LogP contribution in [0.15, 0.2) is 52.7 Å². The number of anilines is 1. The fourth-order valence-corrected chi connectivity index (χ4v) is 3.70. The molecule has 2 aromatic rings. The molecule has 2 aromatic carbocycles. The van der Waals surface area contributed by atoms with Crippen LogP contribution in [0.1, 0.15) is 18.9 Å². The Morgan fingerprint density at radius 2 is 1.94 bits per heavy atom. The topological polar surface area (TPSA) is 101 Å². The van der Waals surface area contributed by atoms with Crippen molar-refractivity contribution < 1.29 is 23.5 Å². The zero-order chi connectivity index (χ0) is 22.4. The van der Waals surface area contributed by atoms with Crippen LogP contribution in [-0.4, -0.2) is 42.2 Å². The molecule has 1 heterocycles. The van der Waals surface area contributed by atoms with E-state index in [0.717, 1.165) is 11.8 Å². The standard InChI is InChI=1S/C21H21FN4O4S/c1-12(13-8-9-16(29-2)14(22)10-13)25-26-21-24-19(27)11-18(31-21)20(28)23-15-6-4-5-7-17(15)30-3/h4-10,18H,11H2,1-3H3,(H,23,28)(H,24,26,27). The van der Waals surface area contributed by atoms with Gasteiger partial charge in [-0.2, -0.15) is 5.10 Å². The quantitative estimate of drug-likeness (QED) is 0.526. The van der Waals surface area contributed by atoms with Gasteiger partial charge in [-0.15, -0.1) is 5.10 Å². The molecule has 1 aliphatic rings. The molecule has 31 heavy (non-hydrogen) atoms. The molecule has 0 aromatic heterocycles. The van der Waals surface area contributed by atoms with E-state index in [0.29, 0.717) is 22.7 Å². The maximum atomic E-state index is 13.9. The van der Waals surface area contributed by atoms with Crippen LogP contribution in [0, 0.1) is 5.82 Å². The first kappa shape index (κ1) is 22.3. The van der Waals surface area contributed by atoms with Crippen LogP contribution >= 0.6 is 11.8 Å². The monoisotopic (exact) mass is 444 g/mol. The van der Waals surface area contributed by atoms with E-state index in [1.807, 2.05) is 0 Å². The third-order valence-corrected chi connectivity index (χ3v) is 5.46. The molecule has 2 amide bonds. The number of thioether (sulfide) groups is 1. The summed E-state index contributed by atoms with van der Waals surface area (Å²) in [6.45, 7) is 1.66. The molecular weight excluding hydrogens is 423 g/mol. The van der Waals surface area contributed by atoms with Gasteiger partial charge in [0.1, 0.15) is 11.0 Å². The van der Waals surface area contributed by atoms with Crippen molar-refractivity contribution in [3.8, 4) is 11.5 Å². The molecule has 1 unspecified atom stereocenters. The van der Waals surface area contributed by atoms with Crippen LogP contribution in [0.2, 0.25) is 0 Å². The van der Waals surface area contributed by atoms with Gasteiger partial charge in [0.15, 0.2) is 16.7 Å². The summed E-state index contributed by atoms with van der Waals surface area (Å²) in [5, 5.41) is 13.0. The molecule has 1 saturated heterocycles. The maximum absolute atomic E-state index is 13.9. The van der Waals surface area contributed by atoms with Crippen molar-refractivity contribution in [3.63, 3.8) is 0 Å². The smallest absolute Gasteiger partial charge is 0.238 e. The van der Waals surface area contributed by atoms with Crippen molar-refractivity contribution in [2.75, 3.05) is 19.5 Å². The Labute approximate surface area is 182 Å². The van der Waals surface area contributed by atoms with Gasteiger partial charge in [0.2, 0.25) is 11.8 Å². The Kier molecular flexibility index (Phi) is 7.24. The molecule has 1 atom stereocenters. The summed E-state index contributed by atoms with van der Waals surface area (Å²) in [7, 11) is 2.89. The van der Waals surface area contributed by atoms with E-state index in [1.54, 1.807) is 37.3 Å². The Hall–Kier alpha value is -3.40. The van der Waals surface area contributed by atoms with Gasteiger partial charge in [0.05, 0.1) is 25.6 Å². The van der Waals surface area contributed by atoms with E-state index in [1.165, 1.54) is 26.4 Å². The lowest BCUT2D eigenvalue weighted by Crippen LogP contribution is -2.41. The molecule has 0 spiro atoms. The Morgan fingerprint density at radius 3 is 2.65 bits per heavy atom. The van der Waals surface area contributed by atoms with Crippen molar-refractivity contribution >= 4 is 40.1 Å². The van der Waals surface area contributed by atoms with Crippen LogP contribution in [0.3, 0.4) is 0 Å². The number of nitrogens with one attached hydrogen (secondary N) is 2. The normalized spacial score (nSPS) is 17.8. The number of carbonyl (C=O) groups excluding carboxylic acids is 2. The predicted octanol–water partition coefficient (Wildman–Crippen LogP) is 3.18. The summed E-state index contributed by atoms with van der Waals surface area (Å²) in [6, 6.07) is 11.4. The van der Waals surface area contributed by atoms with Gasteiger partial charge in [-0.25, -0.2) is 4.39 Å². The Morgan fingerprint density at radius 1 is 1.19 bits per heavy atom. The molecule has 1 fully saturated rings. The van der Waals surface area contributed by atoms with Crippen LogP contribution in [0.25, 0.3) is 0 Å². The lowest BCUT2D eigenvalue weighted by molar-refractivity contribution is -0.123. The van der Waals surface area contributed by atoms with Gasteiger partial charge in [0, 0.05) is 12.0 Å². The second kappa shape index (κ2) is 10.1. The molecule has 2 N–H and O–H groups in total. The van der Waals surface area contributed by atoms with Crippen molar-refractivity contribution in [1.29, 1.82) is 0 Å². The summed E-state index contributed by atoms with van der Waals surface area (Å²) in [6.07, 6.45) is -0.00292. The average molecular weight is 444 g/mol. The first-order valence-electron chi connectivity index (χ1n) is 9.27. The third kappa shape index (κ3) is 5.60. The van der Waals surface area contributed by atoms with Crippen molar-refractivity contribution in [1.82, 2.24) is 5.32 Å². The predicted molar refractivity (Wildman–Crippen MR) is 118 cm³/mol. The lowest BCUT2D eigenvalue weighted by Gasteiger charge is -2.22. The highest BCUT2D eigenvalue weighted by molar-refractivity contribution is 8.15. The first-order valence-corrected chi connectivity index (χ1v) is 10.2. The largest absolute Gasteiger partial charge is 0.495 e. The van der Waals surface area contributed by atoms with E-state index in [2.05, 4.69) is 20.8 Å². The highest BCUT2D eigenvalue weighted by atomic mass is 32.2. The minimum absolute atomic E-state index is 0.00292. The fourth-order valence-electron chi connectivity index (χ4n) is 2.77. The summed E-state index contributed by atoms with van der Waals surface area (Å²) >= 11 is 1.09. The van der Waals surface area contributed by atoms with Crippen LogP contribution in [-0.2, 0) is 9.59 Å². The van der Waals surface area contributed by atoms with E-state index >= 15 is 0 Å². The summed E-state index contributed by atoms with van der Waals surface area (Å²) in [5.41, 5.74) is 1.46. The minimum atomic E-state index is -0.689. The zero-order valence-corrected chi connectivity index (χ0v) is 18.0. The number of rotatable bonds is 6. The molecule has 0 saturated carbocycles. The number of ether oxygens (including phenoxy) is 2. The van der Waals surface area contributed by atoms with E-state index in [4.69, 9.17) is 9.47 Å². The van der Waals surface area contributed by atoms with E-state index in [-0.39, 0.29) is 29.2 Å². The van der Waals surface area contributed by atoms with Crippen molar-refractivity contribution in [3.05, 3.63) is 53.8 Å². The molecule has 8 nitrogen and oxygen atoms in total. The van der Waals surface area contributed by atoms with Gasteiger partial charge in [-0.3, -0.25) is 9.59 Å². The fraction of sp³-hybridized carbons (Fsp3) is 0.238. The molecule has 162 valence electrons. The lowest BCUT2D eigenvalue weighted by atomic mass is 10.1. The summed E-state index contributed by atoms with van der Waals surface area (Å²) < 4.78 is 24.0. The number of hydrogen-bond acceptors (Lipinski definition) is 7. The Bertz CT molecular complexity index is 1060. The number of hydrogen-bond donors (Lipinski definition) is 2. The van der Waals surface area contributed by atoms with Crippen molar-refractivity contribution in [2.45, 2.75) is 18.6 Å². The second-order valence-electron chi connectivity index (χ2n) is 6.49. The number of amides is 2. The number of nitrogens with zero attached hydrogens (tertiary/aromatic N) is 2. The van der Waals surface area contributed by atoms with E-state index in [9.17, 15) is 14.0 Å². The van der Waals surface area contributed by atoms with E-state index < -0.39 is 11.1 Å². The first-order chi connectivity index (χ1) is 14.9. The van der Waals surface area contributed by atoms with Gasteiger partial charge in [-0.05, 0) is 37.3 Å². The number of carbonyl (C=O) groups is 2. The average Bonchev–Trinajstić information content (AvgIpc) is 2.77. The number of halogens is 1. The van der Waals surface area contributed by atoms with Gasteiger partial charge in [0.25, 0.3) is 0 Å². The molecule has 1 aliphatic heterocycles. The Balaban J connectivity index is 1.73. The minimum Gasteiger partial charge on any atom is -0.495 e. The summed E-state index contributed by atoms with van der Waals surface area (Å²) in [4.78, 5) is 24.7. The molecule has 0 radical (unpaired) electrons. The third-order valence-electron chi connectivity index (χ3n) is 4.39. The highest BCUT2D eigenvalue weighted by Crippen LogP contribution is 2.27. The molecular formula is C21H21FN4O4S. The molecule has 0 bridgehead atoms. The number of benzene rings is 2. The van der Waals surface area contributed by atoms with Crippen LogP contribution in [0.4, 0.5) is 10.1 Å². The number of amidine groups is 1. The zero-order valence-electron chi connectivity index (χ0n) is 17.1. The molecule has 3 rings (SSSR count). The van der Waals surface area contributed by atoms with Gasteiger partial charge in [-0.1, -0.05) is 23.9 Å². The molecule has 0 aliphatic carbocycles. The van der Waals surface area contributed by atoms with Crippen LogP contribution in [0.5, 0.6) is 11.5 Å². The molecule has 10 heteroatoms. The van der Waals surface area contributed by atoms with Crippen molar-refractivity contribution in [2.24, 2.45) is 10.2 Å². The summed E-state index contributed by atoms with van der Waals surface area (Å²) in [5.74, 6) is -0.574. The number of methoxy groups -OCH3 is 2.